The van der Waals surface area contributed by atoms with Gasteiger partial charge in [0, 0.05) is 16.7 Å². The van der Waals surface area contributed by atoms with Gasteiger partial charge in [-0.25, -0.2) is 4.79 Å². The topological polar surface area (TPSA) is 84.2 Å². The molecule has 3 amide bonds. The van der Waals surface area contributed by atoms with E-state index in [1.807, 2.05) is 24.3 Å². The lowest BCUT2D eigenvalue weighted by Gasteiger charge is -2.08. The zero-order valence-corrected chi connectivity index (χ0v) is 12.7. The lowest BCUT2D eigenvalue weighted by atomic mass is 10.2. The highest BCUT2D eigenvalue weighted by atomic mass is 79.9. The molecule has 6 heteroatoms. The number of hydrogen-bond donors (Lipinski definition) is 3. The predicted molar refractivity (Wildman–Crippen MR) is 84.7 cm³/mol. The first-order valence-electron chi connectivity index (χ1n) is 6.24. The first-order chi connectivity index (χ1) is 10.1. The number of halogens is 1. The summed E-state index contributed by atoms with van der Waals surface area (Å²) >= 11 is 3.33. The van der Waals surface area contributed by atoms with Gasteiger partial charge in [0.1, 0.15) is 0 Å². The number of para-hydroxylation sites is 1. The van der Waals surface area contributed by atoms with Gasteiger partial charge in [-0.2, -0.15) is 0 Å². The summed E-state index contributed by atoms with van der Waals surface area (Å²) in [6, 6.07) is 13.5. The average molecular weight is 348 g/mol. The summed E-state index contributed by atoms with van der Waals surface area (Å²) in [6.07, 6.45) is 0. The Hall–Kier alpha value is -2.34. The smallest absolute Gasteiger partial charge is 0.321 e. The molecule has 0 aliphatic carbocycles. The molecular formula is C15H14BrN3O2. The third-order valence-corrected chi connectivity index (χ3v) is 3.33. The fraction of sp³-hybridized carbons (Fsp3) is 0.0667. The molecule has 0 spiro atoms. The van der Waals surface area contributed by atoms with Crippen LogP contribution in [0.3, 0.4) is 0 Å². The van der Waals surface area contributed by atoms with Crippen LogP contribution < -0.4 is 16.4 Å². The molecule has 0 aromatic heterocycles. The van der Waals surface area contributed by atoms with Gasteiger partial charge in [0.05, 0.1) is 5.56 Å². The lowest BCUT2D eigenvalue weighted by molar-refractivity contribution is 0.0965. The summed E-state index contributed by atoms with van der Waals surface area (Å²) in [7, 11) is 0. The van der Waals surface area contributed by atoms with Gasteiger partial charge >= 0.3 is 6.03 Å². The summed E-state index contributed by atoms with van der Waals surface area (Å²) < 4.78 is 0.963. The SMILES string of the molecule is Nc1ccccc1C(=O)NC(=O)NCc1ccc(Br)cc1. The molecule has 108 valence electrons. The summed E-state index contributed by atoms with van der Waals surface area (Å²) in [6.45, 7) is 0.330. The number of imide groups is 1. The highest BCUT2D eigenvalue weighted by Crippen LogP contribution is 2.11. The molecule has 0 aliphatic rings. The Morgan fingerprint density at radius 1 is 1.05 bits per heavy atom. The standard InChI is InChI=1S/C15H14BrN3O2/c16-11-7-5-10(6-8-11)9-18-15(21)19-14(20)12-3-1-2-4-13(12)17/h1-8H,9,17H2,(H2,18,19,20,21). The molecule has 0 radical (unpaired) electrons. The van der Waals surface area contributed by atoms with Gasteiger partial charge in [-0.05, 0) is 29.8 Å². The molecule has 0 unspecified atom stereocenters. The van der Waals surface area contributed by atoms with Crippen molar-refractivity contribution in [2.45, 2.75) is 6.54 Å². The molecule has 5 nitrogen and oxygen atoms in total. The monoisotopic (exact) mass is 347 g/mol. The number of benzene rings is 2. The number of anilines is 1. The van der Waals surface area contributed by atoms with Crippen LogP contribution in [0.4, 0.5) is 10.5 Å². The third-order valence-electron chi connectivity index (χ3n) is 2.80. The van der Waals surface area contributed by atoms with Crippen LogP contribution in [0.2, 0.25) is 0 Å². The van der Waals surface area contributed by atoms with Crippen LogP contribution in [-0.2, 0) is 6.54 Å². The Morgan fingerprint density at radius 3 is 2.38 bits per heavy atom. The minimum Gasteiger partial charge on any atom is -0.398 e. The highest BCUT2D eigenvalue weighted by Gasteiger charge is 2.12. The number of nitrogens with one attached hydrogen (secondary N) is 2. The van der Waals surface area contributed by atoms with Gasteiger partial charge < -0.3 is 11.1 Å². The van der Waals surface area contributed by atoms with Crippen LogP contribution in [0.25, 0.3) is 0 Å². The minimum absolute atomic E-state index is 0.274. The van der Waals surface area contributed by atoms with E-state index in [1.165, 1.54) is 0 Å². The van der Waals surface area contributed by atoms with E-state index in [-0.39, 0.29) is 5.56 Å². The van der Waals surface area contributed by atoms with Crippen molar-refractivity contribution in [1.82, 2.24) is 10.6 Å². The molecule has 21 heavy (non-hydrogen) atoms. The molecule has 0 aliphatic heterocycles. The first kappa shape index (κ1) is 15.1. The fourth-order valence-corrected chi connectivity index (χ4v) is 1.97. The number of urea groups is 1. The maximum Gasteiger partial charge on any atom is 0.321 e. The van der Waals surface area contributed by atoms with E-state index in [0.29, 0.717) is 12.2 Å². The molecule has 0 atom stereocenters. The number of carbonyl (C=O) groups excluding carboxylic acids is 2. The van der Waals surface area contributed by atoms with Crippen LogP contribution >= 0.6 is 15.9 Å². The van der Waals surface area contributed by atoms with Gasteiger partial charge in [-0.3, -0.25) is 10.1 Å². The summed E-state index contributed by atoms with van der Waals surface area (Å²) in [4.78, 5) is 23.6. The second-order valence-electron chi connectivity index (χ2n) is 4.35. The second-order valence-corrected chi connectivity index (χ2v) is 5.27. The lowest BCUT2D eigenvalue weighted by Crippen LogP contribution is -2.39. The quantitative estimate of drug-likeness (QED) is 0.746. The van der Waals surface area contributed by atoms with Gasteiger partial charge in [-0.15, -0.1) is 0 Å². The van der Waals surface area contributed by atoms with Crippen molar-refractivity contribution in [2.24, 2.45) is 0 Å². The Morgan fingerprint density at radius 2 is 1.71 bits per heavy atom. The molecule has 0 saturated carbocycles. The van der Waals surface area contributed by atoms with Crippen molar-refractivity contribution in [1.29, 1.82) is 0 Å². The normalized spacial score (nSPS) is 9.95. The number of amides is 3. The van der Waals surface area contributed by atoms with Crippen molar-refractivity contribution < 1.29 is 9.59 Å². The number of carbonyl (C=O) groups is 2. The molecule has 0 saturated heterocycles. The van der Waals surface area contributed by atoms with E-state index in [9.17, 15) is 9.59 Å². The number of nitrogen functional groups attached to an aromatic ring is 1. The van der Waals surface area contributed by atoms with E-state index in [0.717, 1.165) is 10.0 Å². The maximum atomic E-state index is 11.9. The van der Waals surface area contributed by atoms with Crippen LogP contribution in [0.1, 0.15) is 15.9 Å². The van der Waals surface area contributed by atoms with Crippen LogP contribution in [-0.4, -0.2) is 11.9 Å². The van der Waals surface area contributed by atoms with Crippen molar-refractivity contribution in [2.75, 3.05) is 5.73 Å². The van der Waals surface area contributed by atoms with Crippen LogP contribution in [0.15, 0.2) is 53.0 Å². The number of rotatable bonds is 3. The van der Waals surface area contributed by atoms with Crippen molar-refractivity contribution >= 4 is 33.6 Å². The van der Waals surface area contributed by atoms with Gasteiger partial charge in [0.2, 0.25) is 0 Å². The van der Waals surface area contributed by atoms with Gasteiger partial charge in [0.15, 0.2) is 0 Å². The van der Waals surface area contributed by atoms with Crippen molar-refractivity contribution in [3.63, 3.8) is 0 Å². The Balaban J connectivity index is 1.89. The number of nitrogens with two attached hydrogens (primary N) is 1. The van der Waals surface area contributed by atoms with Gasteiger partial charge in [0.25, 0.3) is 5.91 Å². The average Bonchev–Trinajstić information content (AvgIpc) is 2.47. The molecule has 2 aromatic rings. The molecule has 2 aromatic carbocycles. The first-order valence-corrected chi connectivity index (χ1v) is 7.03. The van der Waals surface area contributed by atoms with E-state index < -0.39 is 11.9 Å². The zero-order valence-electron chi connectivity index (χ0n) is 11.1. The number of hydrogen-bond acceptors (Lipinski definition) is 3. The zero-order chi connectivity index (χ0) is 15.2. The van der Waals surface area contributed by atoms with Crippen LogP contribution in [0, 0.1) is 0 Å². The highest BCUT2D eigenvalue weighted by molar-refractivity contribution is 9.10. The van der Waals surface area contributed by atoms with Crippen molar-refractivity contribution in [3.8, 4) is 0 Å². The fourth-order valence-electron chi connectivity index (χ4n) is 1.70. The molecular weight excluding hydrogens is 334 g/mol. The molecule has 4 N–H and O–H groups in total. The predicted octanol–water partition coefficient (Wildman–Crippen LogP) is 2.67. The van der Waals surface area contributed by atoms with E-state index in [2.05, 4.69) is 26.6 Å². The largest absolute Gasteiger partial charge is 0.398 e. The molecule has 0 bridgehead atoms. The summed E-state index contributed by atoms with van der Waals surface area (Å²) in [5.41, 5.74) is 7.21. The second kappa shape index (κ2) is 6.90. The van der Waals surface area contributed by atoms with Crippen LogP contribution in [0.5, 0.6) is 0 Å². The molecule has 2 rings (SSSR count). The summed E-state index contributed by atoms with van der Waals surface area (Å²) in [5.74, 6) is -0.526. The maximum absolute atomic E-state index is 11.9. The van der Waals surface area contributed by atoms with Crippen molar-refractivity contribution in [3.05, 3.63) is 64.1 Å². The Kier molecular flexibility index (Phi) is 4.94. The van der Waals surface area contributed by atoms with Gasteiger partial charge in [-0.1, -0.05) is 40.2 Å². The Bertz CT molecular complexity index is 656. The Labute approximate surface area is 130 Å². The molecule has 0 heterocycles. The van der Waals surface area contributed by atoms with E-state index in [1.54, 1.807) is 24.3 Å². The summed E-state index contributed by atoms with van der Waals surface area (Å²) in [5, 5.41) is 4.85. The van der Waals surface area contributed by atoms with E-state index in [4.69, 9.17) is 5.73 Å². The van der Waals surface area contributed by atoms with E-state index >= 15 is 0 Å². The minimum atomic E-state index is -0.564. The third kappa shape index (κ3) is 4.32. The molecule has 0 fully saturated rings.